The quantitative estimate of drug-likeness (QED) is 0.760. The highest BCUT2D eigenvalue weighted by molar-refractivity contribution is 5.42. The molecule has 0 unspecified atom stereocenters. The van der Waals surface area contributed by atoms with Crippen LogP contribution in [0.3, 0.4) is 0 Å². The molecule has 1 aliphatic rings. The number of hydrogen-bond donors (Lipinski definition) is 2. The number of anilines is 1. The van der Waals surface area contributed by atoms with E-state index in [-0.39, 0.29) is 5.82 Å². The highest BCUT2D eigenvalue weighted by Crippen LogP contribution is 2.18. The van der Waals surface area contributed by atoms with Crippen molar-refractivity contribution in [3.63, 3.8) is 0 Å². The number of nitrogens with one attached hydrogen (secondary N) is 2. The molecule has 2 aromatic heterocycles. The van der Waals surface area contributed by atoms with Gasteiger partial charge in [-0.25, -0.2) is 8.91 Å². The van der Waals surface area contributed by atoms with Crippen molar-refractivity contribution in [3.8, 4) is 0 Å². The third kappa shape index (κ3) is 2.76. The van der Waals surface area contributed by atoms with Crippen molar-refractivity contribution < 1.29 is 4.39 Å². The summed E-state index contributed by atoms with van der Waals surface area (Å²) in [5.74, 6) is 0.236. The lowest BCUT2D eigenvalue weighted by molar-refractivity contribution is 0.614. The molecular weight excluding hydrogens is 233 g/mol. The minimum atomic E-state index is -0.312. The molecule has 2 heterocycles. The molecule has 0 saturated heterocycles. The van der Waals surface area contributed by atoms with Crippen LogP contribution in [0.1, 0.15) is 19.3 Å². The van der Waals surface area contributed by atoms with Gasteiger partial charge in [-0.05, 0) is 37.9 Å². The summed E-state index contributed by atoms with van der Waals surface area (Å²) in [6, 6.07) is 3.75. The van der Waals surface area contributed by atoms with E-state index in [4.69, 9.17) is 0 Å². The topological polar surface area (TPSA) is 54.2 Å². The lowest BCUT2D eigenvalue weighted by Crippen LogP contribution is -2.20. The Morgan fingerprint density at radius 1 is 1.33 bits per heavy atom. The number of fused-ring (bicyclic) bond motifs is 1. The monoisotopic (exact) mass is 249 g/mol. The van der Waals surface area contributed by atoms with Gasteiger partial charge < -0.3 is 10.6 Å². The van der Waals surface area contributed by atoms with Gasteiger partial charge >= 0.3 is 0 Å². The van der Waals surface area contributed by atoms with E-state index in [0.717, 1.165) is 25.6 Å². The van der Waals surface area contributed by atoms with E-state index in [9.17, 15) is 4.39 Å². The van der Waals surface area contributed by atoms with Gasteiger partial charge in [0.1, 0.15) is 5.82 Å². The summed E-state index contributed by atoms with van der Waals surface area (Å²) in [7, 11) is 0. The third-order valence-corrected chi connectivity index (χ3v) is 2.94. The van der Waals surface area contributed by atoms with Gasteiger partial charge in [-0.1, -0.05) is 0 Å². The molecule has 1 fully saturated rings. The van der Waals surface area contributed by atoms with Gasteiger partial charge in [0, 0.05) is 12.6 Å². The second kappa shape index (κ2) is 4.89. The molecule has 3 rings (SSSR count). The summed E-state index contributed by atoms with van der Waals surface area (Å²) < 4.78 is 14.4. The van der Waals surface area contributed by atoms with Gasteiger partial charge in [-0.2, -0.15) is 4.98 Å². The summed E-state index contributed by atoms with van der Waals surface area (Å²) in [4.78, 5) is 4.25. The van der Waals surface area contributed by atoms with Gasteiger partial charge in [0.05, 0.1) is 6.20 Å². The lowest BCUT2D eigenvalue weighted by Gasteiger charge is -2.02. The zero-order valence-corrected chi connectivity index (χ0v) is 10.1. The summed E-state index contributed by atoms with van der Waals surface area (Å²) in [6.07, 6.45) is 4.97. The summed E-state index contributed by atoms with van der Waals surface area (Å²) in [5.41, 5.74) is 0.648. The standard InChI is InChI=1S/C12H16FN5/c13-9-2-5-11-16-12(17-18(11)8-9)15-7-1-6-14-10-3-4-10/h2,5,8,10,14H,1,3-4,6-7H2,(H,15,17). The van der Waals surface area contributed by atoms with Crippen molar-refractivity contribution in [2.24, 2.45) is 0 Å². The second-order valence-electron chi connectivity index (χ2n) is 4.59. The Morgan fingerprint density at radius 2 is 2.22 bits per heavy atom. The summed E-state index contributed by atoms with van der Waals surface area (Å²) in [6.45, 7) is 1.83. The van der Waals surface area contributed by atoms with Gasteiger partial charge in [0.15, 0.2) is 5.65 Å². The molecule has 18 heavy (non-hydrogen) atoms. The van der Waals surface area contributed by atoms with Crippen LogP contribution in [-0.4, -0.2) is 33.7 Å². The average Bonchev–Trinajstić information content (AvgIpc) is 3.08. The first kappa shape index (κ1) is 11.4. The molecule has 0 bridgehead atoms. The smallest absolute Gasteiger partial charge is 0.243 e. The largest absolute Gasteiger partial charge is 0.353 e. The Morgan fingerprint density at radius 3 is 3.06 bits per heavy atom. The van der Waals surface area contributed by atoms with Crippen LogP contribution < -0.4 is 10.6 Å². The Kier molecular flexibility index (Phi) is 3.10. The number of pyridine rings is 1. The summed E-state index contributed by atoms with van der Waals surface area (Å²) in [5, 5.41) is 10.7. The number of hydrogen-bond acceptors (Lipinski definition) is 4. The van der Waals surface area contributed by atoms with Crippen molar-refractivity contribution in [2.75, 3.05) is 18.4 Å². The zero-order valence-electron chi connectivity index (χ0n) is 10.1. The zero-order chi connectivity index (χ0) is 12.4. The maximum absolute atomic E-state index is 13.0. The van der Waals surface area contributed by atoms with E-state index >= 15 is 0 Å². The number of halogens is 1. The van der Waals surface area contributed by atoms with Crippen LogP contribution >= 0.6 is 0 Å². The van der Waals surface area contributed by atoms with E-state index in [2.05, 4.69) is 20.7 Å². The molecule has 0 amide bonds. The predicted molar refractivity (Wildman–Crippen MR) is 67.1 cm³/mol. The first-order valence-corrected chi connectivity index (χ1v) is 6.30. The Bertz CT molecular complexity index is 534. The summed E-state index contributed by atoms with van der Waals surface area (Å²) >= 11 is 0. The fraction of sp³-hybridized carbons (Fsp3) is 0.500. The van der Waals surface area contributed by atoms with Crippen LogP contribution in [0.5, 0.6) is 0 Å². The molecule has 0 aromatic carbocycles. The number of nitrogens with zero attached hydrogens (tertiary/aromatic N) is 3. The minimum absolute atomic E-state index is 0.312. The van der Waals surface area contributed by atoms with Crippen molar-refractivity contribution in [2.45, 2.75) is 25.3 Å². The molecule has 96 valence electrons. The van der Waals surface area contributed by atoms with Gasteiger partial charge in [-0.15, -0.1) is 5.10 Å². The van der Waals surface area contributed by atoms with Crippen LogP contribution in [0.2, 0.25) is 0 Å². The van der Waals surface area contributed by atoms with Crippen molar-refractivity contribution >= 4 is 11.6 Å². The first-order chi connectivity index (χ1) is 8.81. The minimum Gasteiger partial charge on any atom is -0.353 e. The molecule has 1 saturated carbocycles. The number of aromatic nitrogens is 3. The molecule has 0 atom stereocenters. The second-order valence-corrected chi connectivity index (χ2v) is 4.59. The molecule has 2 N–H and O–H groups in total. The van der Waals surface area contributed by atoms with E-state index < -0.39 is 0 Å². The molecular formula is C12H16FN5. The van der Waals surface area contributed by atoms with E-state index in [1.165, 1.54) is 29.6 Å². The van der Waals surface area contributed by atoms with Crippen LogP contribution in [0.15, 0.2) is 18.3 Å². The normalized spacial score (nSPS) is 15.2. The third-order valence-electron chi connectivity index (χ3n) is 2.94. The highest BCUT2D eigenvalue weighted by atomic mass is 19.1. The molecule has 2 aromatic rings. The van der Waals surface area contributed by atoms with Crippen LogP contribution in [-0.2, 0) is 0 Å². The SMILES string of the molecule is Fc1ccc2nc(NCCCNC3CC3)nn2c1. The van der Waals surface area contributed by atoms with Gasteiger partial charge in [-0.3, -0.25) is 0 Å². The van der Waals surface area contributed by atoms with Gasteiger partial charge in [0.25, 0.3) is 0 Å². The van der Waals surface area contributed by atoms with E-state index in [1.807, 2.05) is 0 Å². The van der Waals surface area contributed by atoms with Crippen molar-refractivity contribution in [3.05, 3.63) is 24.1 Å². The maximum Gasteiger partial charge on any atom is 0.243 e. The Labute approximate surface area is 104 Å². The Balaban J connectivity index is 1.50. The first-order valence-electron chi connectivity index (χ1n) is 6.30. The Hall–Kier alpha value is -1.69. The van der Waals surface area contributed by atoms with Gasteiger partial charge in [0.2, 0.25) is 5.95 Å². The maximum atomic E-state index is 13.0. The molecule has 5 nitrogen and oxygen atoms in total. The van der Waals surface area contributed by atoms with Crippen molar-refractivity contribution in [1.29, 1.82) is 0 Å². The van der Waals surface area contributed by atoms with Crippen LogP contribution in [0.25, 0.3) is 5.65 Å². The fourth-order valence-electron chi connectivity index (χ4n) is 1.82. The molecule has 0 spiro atoms. The van der Waals surface area contributed by atoms with E-state index in [1.54, 1.807) is 6.07 Å². The van der Waals surface area contributed by atoms with Crippen molar-refractivity contribution in [1.82, 2.24) is 19.9 Å². The fourth-order valence-corrected chi connectivity index (χ4v) is 1.82. The van der Waals surface area contributed by atoms with Crippen LogP contribution in [0.4, 0.5) is 10.3 Å². The molecule has 1 aliphatic carbocycles. The molecule has 6 heteroatoms. The van der Waals surface area contributed by atoms with E-state index in [0.29, 0.717) is 11.6 Å². The predicted octanol–water partition coefficient (Wildman–Crippen LogP) is 1.42. The molecule has 0 radical (unpaired) electrons. The highest BCUT2D eigenvalue weighted by Gasteiger charge is 2.19. The molecule has 0 aliphatic heterocycles. The number of rotatable bonds is 6. The average molecular weight is 249 g/mol. The lowest BCUT2D eigenvalue weighted by atomic mass is 10.4. The van der Waals surface area contributed by atoms with Crippen LogP contribution in [0, 0.1) is 5.82 Å².